The number of halogens is 3. The lowest BCUT2D eigenvalue weighted by Gasteiger charge is -2.20. The minimum atomic E-state index is -4.40. The van der Waals surface area contributed by atoms with Gasteiger partial charge in [-0.1, -0.05) is 12.1 Å². The van der Waals surface area contributed by atoms with Gasteiger partial charge in [-0.2, -0.15) is 13.2 Å². The molecular weight excluding hydrogens is 275 g/mol. The first-order valence-corrected chi connectivity index (χ1v) is 6.04. The Kier molecular flexibility index (Phi) is 5.97. The van der Waals surface area contributed by atoms with Crippen molar-refractivity contribution >= 4 is 5.91 Å². The summed E-state index contributed by atoms with van der Waals surface area (Å²) in [5.41, 5.74) is -0.319. The lowest BCUT2D eigenvalue weighted by molar-refractivity contribution is -0.137. The number of rotatable bonds is 6. The van der Waals surface area contributed by atoms with E-state index in [0.29, 0.717) is 5.56 Å². The van der Waals surface area contributed by atoms with Crippen LogP contribution in [-0.2, 0) is 17.4 Å². The van der Waals surface area contributed by atoms with Gasteiger partial charge < -0.3 is 15.1 Å². The number of alkyl halides is 3. The molecule has 20 heavy (non-hydrogen) atoms. The van der Waals surface area contributed by atoms with Crippen molar-refractivity contribution in [2.75, 3.05) is 26.3 Å². The molecule has 1 aromatic carbocycles. The Morgan fingerprint density at radius 3 is 1.95 bits per heavy atom. The number of aliphatic hydroxyl groups excluding tert-OH is 2. The Labute approximate surface area is 114 Å². The third-order valence-corrected chi connectivity index (χ3v) is 2.73. The largest absolute Gasteiger partial charge is 0.416 e. The van der Waals surface area contributed by atoms with Crippen LogP contribution in [0.3, 0.4) is 0 Å². The van der Waals surface area contributed by atoms with Gasteiger partial charge in [-0.15, -0.1) is 0 Å². The van der Waals surface area contributed by atoms with Crippen LogP contribution in [0.2, 0.25) is 0 Å². The zero-order valence-electron chi connectivity index (χ0n) is 10.7. The van der Waals surface area contributed by atoms with Crippen LogP contribution in [0.4, 0.5) is 13.2 Å². The van der Waals surface area contributed by atoms with Gasteiger partial charge in [-0.05, 0) is 17.7 Å². The molecule has 0 atom stereocenters. The standard InChI is InChI=1S/C13H16F3NO3/c14-13(15,16)11-3-1-10(2-4-11)9-12(20)17(5-7-18)6-8-19/h1-4,18-19H,5-9H2. The fourth-order valence-electron chi connectivity index (χ4n) is 1.70. The number of nitrogens with zero attached hydrogens (tertiary/aromatic N) is 1. The van der Waals surface area contributed by atoms with Crippen molar-refractivity contribution in [3.8, 4) is 0 Å². The monoisotopic (exact) mass is 291 g/mol. The lowest BCUT2D eigenvalue weighted by Crippen LogP contribution is -2.36. The molecule has 0 saturated heterocycles. The van der Waals surface area contributed by atoms with Crippen molar-refractivity contribution < 1.29 is 28.2 Å². The first kappa shape index (κ1) is 16.5. The average Bonchev–Trinajstić information content (AvgIpc) is 2.38. The third-order valence-electron chi connectivity index (χ3n) is 2.73. The molecule has 4 nitrogen and oxygen atoms in total. The molecule has 0 spiro atoms. The maximum absolute atomic E-state index is 12.4. The number of benzene rings is 1. The molecule has 112 valence electrons. The van der Waals surface area contributed by atoms with Crippen LogP contribution >= 0.6 is 0 Å². The molecule has 7 heteroatoms. The van der Waals surface area contributed by atoms with Crippen LogP contribution in [0.15, 0.2) is 24.3 Å². The maximum Gasteiger partial charge on any atom is 0.416 e. The molecule has 0 bridgehead atoms. The summed E-state index contributed by atoms with van der Waals surface area (Å²) in [7, 11) is 0. The Morgan fingerprint density at radius 1 is 1.05 bits per heavy atom. The van der Waals surface area contributed by atoms with Gasteiger partial charge >= 0.3 is 6.18 Å². The molecule has 0 fully saturated rings. The van der Waals surface area contributed by atoms with Gasteiger partial charge in [0.2, 0.25) is 5.91 Å². The van der Waals surface area contributed by atoms with Crippen LogP contribution in [0.1, 0.15) is 11.1 Å². The van der Waals surface area contributed by atoms with E-state index >= 15 is 0 Å². The van der Waals surface area contributed by atoms with E-state index in [-0.39, 0.29) is 38.6 Å². The third kappa shape index (κ3) is 4.82. The van der Waals surface area contributed by atoms with Crippen molar-refractivity contribution in [2.24, 2.45) is 0 Å². The molecule has 1 rings (SSSR count). The van der Waals surface area contributed by atoms with E-state index in [4.69, 9.17) is 10.2 Å². The molecule has 2 N–H and O–H groups in total. The summed E-state index contributed by atoms with van der Waals surface area (Å²) in [4.78, 5) is 13.1. The Bertz CT molecular complexity index is 425. The highest BCUT2D eigenvalue weighted by atomic mass is 19.4. The highest BCUT2D eigenvalue weighted by Crippen LogP contribution is 2.29. The average molecular weight is 291 g/mol. The molecule has 0 radical (unpaired) electrons. The minimum absolute atomic E-state index is 0.0713. The predicted molar refractivity (Wildman–Crippen MR) is 65.9 cm³/mol. The molecule has 0 aliphatic heterocycles. The van der Waals surface area contributed by atoms with Crippen molar-refractivity contribution in [3.05, 3.63) is 35.4 Å². The van der Waals surface area contributed by atoms with E-state index in [1.807, 2.05) is 0 Å². The summed E-state index contributed by atoms with van der Waals surface area (Å²) < 4.78 is 37.1. The molecule has 0 aliphatic carbocycles. The highest BCUT2D eigenvalue weighted by molar-refractivity contribution is 5.78. The normalized spacial score (nSPS) is 11.4. The van der Waals surface area contributed by atoms with E-state index in [2.05, 4.69) is 0 Å². The SMILES string of the molecule is O=C(Cc1ccc(C(F)(F)F)cc1)N(CCO)CCO. The van der Waals surface area contributed by atoms with Crippen LogP contribution in [0.5, 0.6) is 0 Å². The lowest BCUT2D eigenvalue weighted by atomic mass is 10.1. The van der Waals surface area contributed by atoms with E-state index in [9.17, 15) is 18.0 Å². The summed E-state index contributed by atoms with van der Waals surface area (Å²) >= 11 is 0. The van der Waals surface area contributed by atoms with E-state index in [1.54, 1.807) is 0 Å². The zero-order chi connectivity index (χ0) is 15.2. The number of amides is 1. The first-order valence-electron chi connectivity index (χ1n) is 6.04. The summed E-state index contributed by atoms with van der Waals surface area (Å²) in [6.07, 6.45) is -4.47. The second-order valence-electron chi connectivity index (χ2n) is 4.20. The highest BCUT2D eigenvalue weighted by Gasteiger charge is 2.30. The fraction of sp³-hybridized carbons (Fsp3) is 0.462. The molecule has 1 amide bonds. The fourth-order valence-corrected chi connectivity index (χ4v) is 1.70. The molecule has 0 aromatic heterocycles. The quantitative estimate of drug-likeness (QED) is 0.824. The maximum atomic E-state index is 12.4. The van der Waals surface area contributed by atoms with Crippen LogP contribution < -0.4 is 0 Å². The second-order valence-corrected chi connectivity index (χ2v) is 4.20. The van der Waals surface area contributed by atoms with Crippen molar-refractivity contribution in [1.82, 2.24) is 4.90 Å². The van der Waals surface area contributed by atoms with Crippen molar-refractivity contribution in [1.29, 1.82) is 0 Å². The summed E-state index contributed by atoms with van der Waals surface area (Å²) in [5.74, 6) is -0.354. The number of carbonyl (C=O) groups excluding carboxylic acids is 1. The molecule has 1 aromatic rings. The van der Waals surface area contributed by atoms with Crippen LogP contribution in [0, 0.1) is 0 Å². The van der Waals surface area contributed by atoms with Crippen LogP contribution in [0.25, 0.3) is 0 Å². The van der Waals surface area contributed by atoms with Gasteiger partial charge in [0.25, 0.3) is 0 Å². The summed E-state index contributed by atoms with van der Waals surface area (Å²) in [5, 5.41) is 17.6. The van der Waals surface area contributed by atoms with Gasteiger partial charge in [-0.25, -0.2) is 0 Å². The van der Waals surface area contributed by atoms with E-state index in [0.717, 1.165) is 12.1 Å². The van der Waals surface area contributed by atoms with E-state index < -0.39 is 11.7 Å². The van der Waals surface area contributed by atoms with Crippen molar-refractivity contribution in [3.63, 3.8) is 0 Å². The Hall–Kier alpha value is -1.60. The second kappa shape index (κ2) is 7.25. The number of carbonyl (C=O) groups is 1. The summed E-state index contributed by atoms with van der Waals surface area (Å²) in [6.45, 7) is -0.308. The van der Waals surface area contributed by atoms with Gasteiger partial charge in [0.1, 0.15) is 0 Å². The molecular formula is C13H16F3NO3. The van der Waals surface area contributed by atoms with Gasteiger partial charge in [0, 0.05) is 13.1 Å². The van der Waals surface area contributed by atoms with E-state index in [1.165, 1.54) is 17.0 Å². The first-order chi connectivity index (χ1) is 9.38. The number of hydrogen-bond donors (Lipinski definition) is 2. The molecule has 0 saturated carbocycles. The molecule has 0 aliphatic rings. The molecule has 0 unspecified atom stereocenters. The van der Waals surface area contributed by atoms with Gasteiger partial charge in [-0.3, -0.25) is 4.79 Å². The molecule has 0 heterocycles. The Morgan fingerprint density at radius 2 is 1.55 bits per heavy atom. The predicted octanol–water partition coefficient (Wildman–Crippen LogP) is 1.06. The van der Waals surface area contributed by atoms with Crippen LogP contribution in [-0.4, -0.2) is 47.3 Å². The topological polar surface area (TPSA) is 60.8 Å². The smallest absolute Gasteiger partial charge is 0.395 e. The number of hydrogen-bond acceptors (Lipinski definition) is 3. The van der Waals surface area contributed by atoms with Gasteiger partial charge in [0.15, 0.2) is 0 Å². The van der Waals surface area contributed by atoms with Crippen molar-refractivity contribution in [2.45, 2.75) is 12.6 Å². The zero-order valence-corrected chi connectivity index (χ0v) is 10.7. The minimum Gasteiger partial charge on any atom is -0.395 e. The number of aliphatic hydroxyl groups is 2. The summed E-state index contributed by atoms with van der Waals surface area (Å²) in [6, 6.07) is 4.34. The Balaban J connectivity index is 2.70. The van der Waals surface area contributed by atoms with Gasteiger partial charge in [0.05, 0.1) is 25.2 Å².